The van der Waals surface area contributed by atoms with Gasteiger partial charge >= 0.3 is 0 Å². The van der Waals surface area contributed by atoms with Crippen LogP contribution in [0.3, 0.4) is 0 Å². The fourth-order valence-corrected chi connectivity index (χ4v) is 3.76. The van der Waals surface area contributed by atoms with Gasteiger partial charge in [-0.3, -0.25) is 4.79 Å². The zero-order chi connectivity index (χ0) is 18.6. The summed E-state index contributed by atoms with van der Waals surface area (Å²) in [5.74, 6) is 0.564. The van der Waals surface area contributed by atoms with E-state index in [9.17, 15) is 4.79 Å². The predicted molar refractivity (Wildman–Crippen MR) is 112 cm³/mol. The van der Waals surface area contributed by atoms with Crippen LogP contribution in [0.1, 0.15) is 12.5 Å². The third-order valence-electron chi connectivity index (χ3n) is 4.15. The van der Waals surface area contributed by atoms with Crippen LogP contribution in [0, 0.1) is 0 Å². The molecule has 4 nitrogen and oxygen atoms in total. The Morgan fingerprint density at radius 2 is 1.81 bits per heavy atom. The molecule has 134 valence electrons. The van der Waals surface area contributed by atoms with Crippen molar-refractivity contribution in [3.8, 4) is 5.75 Å². The van der Waals surface area contributed by atoms with E-state index in [1.807, 2.05) is 61.5 Å². The van der Waals surface area contributed by atoms with Crippen molar-refractivity contribution in [2.24, 2.45) is 4.99 Å². The normalized spacial score (nSPS) is 16.9. The van der Waals surface area contributed by atoms with Crippen LogP contribution >= 0.6 is 11.8 Å². The van der Waals surface area contributed by atoms with Gasteiger partial charge in [0.15, 0.2) is 5.17 Å². The zero-order valence-corrected chi connectivity index (χ0v) is 15.6. The molecular weight excluding hydrogens is 356 g/mol. The number of amidine groups is 1. The van der Waals surface area contributed by atoms with Gasteiger partial charge < -0.3 is 10.1 Å². The first-order valence-corrected chi connectivity index (χ1v) is 9.55. The minimum atomic E-state index is -0.138. The van der Waals surface area contributed by atoms with Crippen LogP contribution < -0.4 is 10.1 Å². The lowest BCUT2D eigenvalue weighted by Gasteiger charge is -2.06. The molecule has 1 aliphatic rings. The number of carbonyl (C=O) groups is 1. The molecule has 4 rings (SSSR count). The number of hydrogen-bond acceptors (Lipinski definition) is 4. The number of rotatable bonds is 4. The molecule has 1 fully saturated rings. The molecule has 5 heteroatoms. The van der Waals surface area contributed by atoms with Gasteiger partial charge in [-0.1, -0.05) is 54.6 Å². The summed E-state index contributed by atoms with van der Waals surface area (Å²) in [6.07, 6.45) is 1.92. The molecule has 1 aliphatic heterocycles. The number of amides is 1. The van der Waals surface area contributed by atoms with E-state index in [4.69, 9.17) is 4.74 Å². The lowest BCUT2D eigenvalue weighted by molar-refractivity contribution is -0.115. The topological polar surface area (TPSA) is 50.7 Å². The number of hydrogen-bond donors (Lipinski definition) is 1. The smallest absolute Gasteiger partial charge is 0.264 e. The predicted octanol–water partition coefficient (Wildman–Crippen LogP) is 5.13. The lowest BCUT2D eigenvalue weighted by Crippen LogP contribution is -2.19. The molecule has 0 bridgehead atoms. The van der Waals surface area contributed by atoms with Crippen molar-refractivity contribution < 1.29 is 9.53 Å². The molecule has 0 aliphatic carbocycles. The molecule has 0 radical (unpaired) electrons. The van der Waals surface area contributed by atoms with Crippen LogP contribution in [-0.4, -0.2) is 17.7 Å². The highest BCUT2D eigenvalue weighted by molar-refractivity contribution is 8.18. The quantitative estimate of drug-likeness (QED) is 0.644. The minimum absolute atomic E-state index is 0.138. The Balaban J connectivity index is 1.66. The number of benzene rings is 3. The first kappa shape index (κ1) is 17.4. The number of nitrogens with zero attached hydrogens (tertiary/aromatic N) is 1. The van der Waals surface area contributed by atoms with E-state index >= 15 is 0 Å². The molecule has 1 N–H and O–H groups in total. The Morgan fingerprint density at radius 3 is 2.70 bits per heavy atom. The highest BCUT2D eigenvalue weighted by Crippen LogP contribution is 2.33. The zero-order valence-electron chi connectivity index (χ0n) is 14.8. The van der Waals surface area contributed by atoms with Gasteiger partial charge in [-0.25, -0.2) is 4.99 Å². The fourth-order valence-electron chi connectivity index (χ4n) is 2.93. The third kappa shape index (κ3) is 3.73. The Morgan fingerprint density at radius 1 is 1.04 bits per heavy atom. The van der Waals surface area contributed by atoms with Crippen molar-refractivity contribution in [2.75, 3.05) is 6.61 Å². The molecule has 3 aromatic carbocycles. The molecule has 0 aromatic heterocycles. The number of para-hydroxylation sites is 2. The van der Waals surface area contributed by atoms with E-state index in [0.717, 1.165) is 16.3 Å². The van der Waals surface area contributed by atoms with Crippen molar-refractivity contribution in [3.63, 3.8) is 0 Å². The van der Waals surface area contributed by atoms with E-state index < -0.39 is 0 Å². The summed E-state index contributed by atoms with van der Waals surface area (Å²) in [7, 11) is 0. The van der Waals surface area contributed by atoms with E-state index in [2.05, 4.69) is 28.5 Å². The number of ether oxygens (including phenoxy) is 1. The molecule has 1 heterocycles. The standard InChI is InChI=1S/C22H18N2O2S/c1-2-26-19-13-6-5-12-18(19)23-22-24-21(25)20(27-22)14-16-10-7-9-15-8-3-4-11-17(15)16/h3-14H,2H2,1H3,(H,23,24,25). The SMILES string of the molecule is CCOc1ccccc1N=C1NC(=O)C(=Cc2cccc3ccccc23)S1. The second-order valence-electron chi connectivity index (χ2n) is 5.95. The van der Waals surface area contributed by atoms with Gasteiger partial charge in [-0.2, -0.15) is 0 Å². The Bertz CT molecular complexity index is 1070. The summed E-state index contributed by atoms with van der Waals surface area (Å²) in [6.45, 7) is 2.49. The van der Waals surface area contributed by atoms with E-state index in [-0.39, 0.29) is 5.91 Å². The second kappa shape index (κ2) is 7.68. The average Bonchev–Trinajstić information content (AvgIpc) is 3.03. The highest BCUT2D eigenvalue weighted by Gasteiger charge is 2.24. The van der Waals surface area contributed by atoms with Gasteiger partial charge in [0.05, 0.1) is 11.5 Å². The Labute approximate surface area is 162 Å². The molecule has 3 aromatic rings. The number of fused-ring (bicyclic) bond motifs is 1. The lowest BCUT2D eigenvalue weighted by atomic mass is 10.0. The van der Waals surface area contributed by atoms with Crippen molar-refractivity contribution in [3.05, 3.63) is 77.2 Å². The maximum atomic E-state index is 12.4. The monoisotopic (exact) mass is 374 g/mol. The van der Waals surface area contributed by atoms with E-state index in [0.29, 0.717) is 28.1 Å². The molecule has 1 saturated heterocycles. The first-order chi connectivity index (χ1) is 13.2. The van der Waals surface area contributed by atoms with Gasteiger partial charge in [-0.15, -0.1) is 0 Å². The summed E-state index contributed by atoms with van der Waals surface area (Å²) in [4.78, 5) is 17.6. The maximum Gasteiger partial charge on any atom is 0.264 e. The molecule has 27 heavy (non-hydrogen) atoms. The summed E-state index contributed by atoms with van der Waals surface area (Å²) in [5, 5.41) is 5.66. The summed E-state index contributed by atoms with van der Waals surface area (Å²) in [6, 6.07) is 21.8. The van der Waals surface area contributed by atoms with Crippen LogP contribution in [0.2, 0.25) is 0 Å². The first-order valence-electron chi connectivity index (χ1n) is 8.74. The van der Waals surface area contributed by atoms with Crippen molar-refractivity contribution in [1.29, 1.82) is 0 Å². The Hall–Kier alpha value is -3.05. The minimum Gasteiger partial charge on any atom is -0.492 e. The van der Waals surface area contributed by atoms with Gasteiger partial charge in [0.2, 0.25) is 0 Å². The number of thioether (sulfide) groups is 1. The molecule has 0 atom stereocenters. The van der Waals surface area contributed by atoms with Crippen LogP contribution in [0.25, 0.3) is 16.8 Å². The summed E-state index contributed by atoms with van der Waals surface area (Å²) in [5.41, 5.74) is 1.72. The van der Waals surface area contributed by atoms with Gasteiger partial charge in [0, 0.05) is 0 Å². The molecular formula is C22H18N2O2S. The molecule has 0 unspecified atom stereocenters. The van der Waals surface area contributed by atoms with Crippen molar-refractivity contribution in [2.45, 2.75) is 6.92 Å². The number of aliphatic imine (C=N–C) groups is 1. The Kier molecular flexibility index (Phi) is 4.94. The third-order valence-corrected chi connectivity index (χ3v) is 5.06. The largest absolute Gasteiger partial charge is 0.492 e. The van der Waals surface area contributed by atoms with Crippen molar-refractivity contribution >= 4 is 45.4 Å². The van der Waals surface area contributed by atoms with Gasteiger partial charge in [0.1, 0.15) is 11.4 Å². The molecule has 0 saturated carbocycles. The second-order valence-corrected chi connectivity index (χ2v) is 6.98. The van der Waals surface area contributed by atoms with Crippen LogP contribution in [0.5, 0.6) is 5.75 Å². The van der Waals surface area contributed by atoms with E-state index in [1.165, 1.54) is 11.8 Å². The van der Waals surface area contributed by atoms with Crippen LogP contribution in [0.4, 0.5) is 5.69 Å². The molecule has 1 amide bonds. The van der Waals surface area contributed by atoms with Crippen molar-refractivity contribution in [1.82, 2.24) is 5.32 Å². The van der Waals surface area contributed by atoms with Gasteiger partial charge in [0.25, 0.3) is 5.91 Å². The van der Waals surface area contributed by atoms with Gasteiger partial charge in [-0.05, 0) is 53.2 Å². The van der Waals surface area contributed by atoms with Crippen LogP contribution in [0.15, 0.2) is 76.6 Å². The number of carbonyl (C=O) groups excluding carboxylic acids is 1. The highest BCUT2D eigenvalue weighted by atomic mass is 32.2. The van der Waals surface area contributed by atoms with Crippen LogP contribution in [-0.2, 0) is 4.79 Å². The van der Waals surface area contributed by atoms with E-state index in [1.54, 1.807) is 0 Å². The maximum absolute atomic E-state index is 12.4. The number of nitrogens with one attached hydrogen (secondary N) is 1. The fraction of sp³-hybridized carbons (Fsp3) is 0.0909. The average molecular weight is 374 g/mol. The summed E-state index contributed by atoms with van der Waals surface area (Å²) < 4.78 is 5.60. The molecule has 0 spiro atoms. The summed E-state index contributed by atoms with van der Waals surface area (Å²) >= 11 is 1.34.